The largest absolute Gasteiger partial charge is 0.513 e. The second kappa shape index (κ2) is 14.7. The molecule has 1 aliphatic carbocycles. The van der Waals surface area contributed by atoms with E-state index in [2.05, 4.69) is 20.2 Å². The van der Waals surface area contributed by atoms with Crippen LogP contribution in [0.25, 0.3) is 5.57 Å². The highest BCUT2D eigenvalue weighted by atomic mass is 35.5. The molecule has 43 heavy (non-hydrogen) atoms. The standard InChI is InChI=1S/C21H27NO5.C10H9ClN4S/c1-5-26-20(24)27-18-17(16-12-13(2)6-7-14(16)3)19(23)22-21(18)10-8-15(25-4)9-11-21;11-9-2-1-8(5-13-9)6-15-3-4-16-10(15)14-7-12/h6-7,12,15H,5,8-11H2,1-4H3,(H,22,23);1-2,5H,3-4,6H2. The van der Waals surface area contributed by atoms with Crippen molar-refractivity contribution in [1.29, 1.82) is 5.26 Å². The average Bonchev–Trinajstić information content (AvgIpc) is 3.53. The number of rotatable bonds is 6. The summed E-state index contributed by atoms with van der Waals surface area (Å²) in [6, 6.07) is 9.62. The molecule has 0 unspecified atom stereocenters. The first-order chi connectivity index (χ1) is 20.7. The molecule has 3 aliphatic rings. The number of benzene rings is 1. The first-order valence-electron chi connectivity index (χ1n) is 14.2. The van der Waals surface area contributed by atoms with Crippen LogP contribution in [0.3, 0.4) is 0 Å². The van der Waals surface area contributed by atoms with Gasteiger partial charge in [0.2, 0.25) is 6.19 Å². The van der Waals surface area contributed by atoms with Crippen LogP contribution in [-0.4, -0.2) is 64.8 Å². The summed E-state index contributed by atoms with van der Waals surface area (Å²) in [5.41, 5.74) is 3.59. The van der Waals surface area contributed by atoms with E-state index >= 15 is 0 Å². The number of aromatic nitrogens is 1. The lowest BCUT2D eigenvalue weighted by atomic mass is 9.79. The number of hydrogen-bond donors (Lipinski definition) is 1. The fraction of sp³-hybridized carbons (Fsp3) is 0.452. The van der Waals surface area contributed by atoms with Crippen molar-refractivity contribution in [2.45, 2.75) is 64.6 Å². The van der Waals surface area contributed by atoms with E-state index in [1.807, 2.05) is 44.3 Å². The van der Waals surface area contributed by atoms with E-state index in [9.17, 15) is 9.59 Å². The Bertz CT molecular complexity index is 1430. The average molecular weight is 626 g/mol. The molecule has 12 heteroatoms. The molecule has 1 aromatic heterocycles. The van der Waals surface area contributed by atoms with Gasteiger partial charge in [-0.25, -0.2) is 9.78 Å². The predicted octanol–water partition coefficient (Wildman–Crippen LogP) is 5.77. The molecule has 228 valence electrons. The Kier molecular flexibility index (Phi) is 11.1. The van der Waals surface area contributed by atoms with Crippen molar-refractivity contribution < 1.29 is 23.8 Å². The molecule has 1 spiro atoms. The molecule has 0 bridgehead atoms. The maximum atomic E-state index is 13.0. The van der Waals surface area contributed by atoms with Crippen LogP contribution in [0.4, 0.5) is 4.79 Å². The number of thioether (sulfide) groups is 1. The number of carbonyl (C=O) groups excluding carboxylic acids is 2. The number of amides is 1. The maximum Gasteiger partial charge on any atom is 0.513 e. The summed E-state index contributed by atoms with van der Waals surface area (Å²) >= 11 is 7.32. The Balaban J connectivity index is 0.000000225. The van der Waals surface area contributed by atoms with Crippen LogP contribution in [0, 0.1) is 25.3 Å². The molecule has 2 aliphatic heterocycles. The zero-order chi connectivity index (χ0) is 31.0. The predicted molar refractivity (Wildman–Crippen MR) is 166 cm³/mol. The van der Waals surface area contributed by atoms with Gasteiger partial charge in [-0.1, -0.05) is 53.2 Å². The number of halogens is 1. The third kappa shape index (κ3) is 7.88. The quantitative estimate of drug-likeness (QED) is 0.242. The van der Waals surface area contributed by atoms with Crippen LogP contribution < -0.4 is 5.32 Å². The fourth-order valence-corrected chi connectivity index (χ4v) is 6.48. The van der Waals surface area contributed by atoms with Gasteiger partial charge in [0.25, 0.3) is 5.91 Å². The first-order valence-corrected chi connectivity index (χ1v) is 15.5. The number of nitrogens with zero attached hydrogens (tertiary/aromatic N) is 4. The molecule has 2 aromatic rings. The van der Waals surface area contributed by atoms with Crippen LogP contribution >= 0.6 is 23.4 Å². The van der Waals surface area contributed by atoms with E-state index < -0.39 is 11.7 Å². The minimum absolute atomic E-state index is 0.154. The molecule has 1 N–H and O–H groups in total. The van der Waals surface area contributed by atoms with Crippen LogP contribution in [0.5, 0.6) is 0 Å². The van der Waals surface area contributed by atoms with Crippen molar-refractivity contribution in [1.82, 2.24) is 15.2 Å². The first kappa shape index (κ1) is 32.3. The highest BCUT2D eigenvalue weighted by molar-refractivity contribution is 8.14. The number of aryl methyl sites for hydroxylation is 2. The monoisotopic (exact) mass is 625 g/mol. The van der Waals surface area contributed by atoms with E-state index in [1.54, 1.807) is 38.1 Å². The van der Waals surface area contributed by atoms with Crippen molar-refractivity contribution >= 4 is 46.2 Å². The van der Waals surface area contributed by atoms with Crippen LogP contribution in [0.2, 0.25) is 5.15 Å². The van der Waals surface area contributed by atoms with E-state index in [1.165, 1.54) is 0 Å². The molecule has 0 radical (unpaired) electrons. The summed E-state index contributed by atoms with van der Waals surface area (Å²) in [5.74, 6) is 1.15. The zero-order valence-corrected chi connectivity index (χ0v) is 26.4. The minimum atomic E-state index is -0.778. The number of methoxy groups -OCH3 is 1. The number of amidine groups is 1. The SMILES string of the molecule is CCOC(=O)OC1=C(c2cc(C)ccc2C)C(=O)NC12CCC(OC)CC2.N#CN=C1SCCN1Cc1ccc(Cl)nc1. The third-order valence-electron chi connectivity index (χ3n) is 7.64. The fourth-order valence-electron chi connectivity index (χ4n) is 5.43. The molecular weight excluding hydrogens is 590 g/mol. The van der Waals surface area contributed by atoms with Gasteiger partial charge in [-0.15, -0.1) is 4.99 Å². The molecule has 0 atom stereocenters. The van der Waals surface area contributed by atoms with Crippen LogP contribution in [-0.2, 0) is 25.5 Å². The summed E-state index contributed by atoms with van der Waals surface area (Å²) in [5, 5.41) is 12.9. The van der Waals surface area contributed by atoms with Crippen molar-refractivity contribution in [3.8, 4) is 6.19 Å². The molecular formula is C31H36ClN5O5S. The highest BCUT2D eigenvalue weighted by Crippen LogP contribution is 2.44. The van der Waals surface area contributed by atoms with Gasteiger partial charge in [-0.3, -0.25) is 4.79 Å². The molecule has 1 saturated carbocycles. The lowest BCUT2D eigenvalue weighted by Gasteiger charge is -2.37. The number of pyridine rings is 1. The molecule has 1 aromatic carbocycles. The highest BCUT2D eigenvalue weighted by Gasteiger charge is 2.50. The lowest BCUT2D eigenvalue weighted by molar-refractivity contribution is -0.116. The number of carbonyl (C=O) groups is 2. The summed E-state index contributed by atoms with van der Waals surface area (Å²) in [7, 11) is 1.70. The van der Waals surface area contributed by atoms with Gasteiger partial charge in [-0.05, 0) is 69.2 Å². The number of aliphatic imine (C=N–C) groups is 1. The van der Waals surface area contributed by atoms with E-state index in [-0.39, 0.29) is 18.6 Å². The normalized spacial score (nSPS) is 22.2. The second-order valence-electron chi connectivity index (χ2n) is 10.5. The van der Waals surface area contributed by atoms with Gasteiger partial charge < -0.3 is 24.4 Å². The van der Waals surface area contributed by atoms with Crippen LogP contribution in [0.15, 0.2) is 47.3 Å². The third-order valence-corrected chi connectivity index (χ3v) is 8.86. The Morgan fingerprint density at radius 2 is 2.05 bits per heavy atom. The summed E-state index contributed by atoms with van der Waals surface area (Å²) in [4.78, 5) is 35.0. The van der Waals surface area contributed by atoms with Gasteiger partial charge in [0.15, 0.2) is 5.17 Å². The van der Waals surface area contributed by atoms with E-state index in [0.29, 0.717) is 29.3 Å². The lowest BCUT2D eigenvalue weighted by Crippen LogP contribution is -2.49. The number of nitrogens with one attached hydrogen (secondary N) is 1. The molecule has 5 rings (SSSR count). The Labute approximate surface area is 261 Å². The summed E-state index contributed by atoms with van der Waals surface area (Å²) in [6.07, 6.45) is 5.82. The van der Waals surface area contributed by atoms with Crippen molar-refractivity contribution in [3.05, 3.63) is 69.7 Å². The second-order valence-corrected chi connectivity index (χ2v) is 12.0. The van der Waals surface area contributed by atoms with Gasteiger partial charge in [0.1, 0.15) is 10.9 Å². The van der Waals surface area contributed by atoms with Crippen LogP contribution in [0.1, 0.15) is 54.9 Å². The molecule has 3 heterocycles. The van der Waals surface area contributed by atoms with E-state index in [4.69, 9.17) is 31.1 Å². The molecule has 2 fully saturated rings. The topological polar surface area (TPSA) is 126 Å². The number of nitriles is 1. The van der Waals surface area contributed by atoms with E-state index in [0.717, 1.165) is 59.1 Å². The van der Waals surface area contributed by atoms with Gasteiger partial charge >= 0.3 is 6.16 Å². The van der Waals surface area contributed by atoms with Gasteiger partial charge in [-0.2, -0.15) is 5.26 Å². The molecule has 1 amide bonds. The zero-order valence-electron chi connectivity index (χ0n) is 24.8. The summed E-state index contributed by atoms with van der Waals surface area (Å²) in [6.45, 7) is 7.49. The molecule has 10 nitrogen and oxygen atoms in total. The van der Waals surface area contributed by atoms with Gasteiger partial charge in [0.05, 0.1) is 23.8 Å². The Hall–Kier alpha value is -3.59. The smallest absolute Gasteiger partial charge is 0.434 e. The van der Waals surface area contributed by atoms with Crippen molar-refractivity contribution in [3.63, 3.8) is 0 Å². The van der Waals surface area contributed by atoms with Gasteiger partial charge in [0, 0.05) is 32.1 Å². The number of ether oxygens (including phenoxy) is 3. The van der Waals surface area contributed by atoms with Crippen molar-refractivity contribution in [2.24, 2.45) is 4.99 Å². The van der Waals surface area contributed by atoms with Crippen molar-refractivity contribution in [2.75, 3.05) is 26.0 Å². The maximum absolute atomic E-state index is 13.0. The summed E-state index contributed by atoms with van der Waals surface area (Å²) < 4.78 is 16.1. The Morgan fingerprint density at radius 3 is 2.70 bits per heavy atom. The molecule has 1 saturated heterocycles. The number of hydrogen-bond acceptors (Lipinski definition) is 9. The Morgan fingerprint density at radius 1 is 1.28 bits per heavy atom. The minimum Gasteiger partial charge on any atom is -0.434 e.